The number of hydrogen-bond donors (Lipinski definition) is 2. The van der Waals surface area contributed by atoms with Crippen LogP contribution in [0.25, 0.3) is 0 Å². The van der Waals surface area contributed by atoms with Crippen molar-refractivity contribution in [2.45, 2.75) is 52.2 Å². The van der Waals surface area contributed by atoms with Crippen molar-refractivity contribution in [2.24, 2.45) is 0 Å². The van der Waals surface area contributed by atoms with Crippen molar-refractivity contribution >= 4 is 5.91 Å². The van der Waals surface area contributed by atoms with E-state index in [2.05, 4.69) is 10.6 Å². The second-order valence-corrected chi connectivity index (χ2v) is 4.68. The summed E-state index contributed by atoms with van der Waals surface area (Å²) in [7, 11) is 1.71. The lowest BCUT2D eigenvalue weighted by atomic mass is 10.1. The van der Waals surface area contributed by atoms with E-state index in [4.69, 9.17) is 4.74 Å². The van der Waals surface area contributed by atoms with Gasteiger partial charge in [-0.2, -0.15) is 0 Å². The van der Waals surface area contributed by atoms with Crippen LogP contribution in [0.5, 0.6) is 0 Å². The lowest BCUT2D eigenvalue weighted by Crippen LogP contribution is -2.44. The normalized spacial score (nSPS) is 13.6. The molecule has 0 bridgehead atoms. The van der Waals surface area contributed by atoms with E-state index in [0.717, 1.165) is 25.9 Å². The summed E-state index contributed by atoms with van der Waals surface area (Å²) in [5.41, 5.74) is -0.132. The van der Waals surface area contributed by atoms with E-state index >= 15 is 0 Å². The number of nitrogens with one attached hydrogen (secondary N) is 2. The number of rotatable bonds is 8. The summed E-state index contributed by atoms with van der Waals surface area (Å²) in [5.74, 6) is 0.0667. The van der Waals surface area contributed by atoms with Gasteiger partial charge in [0.2, 0.25) is 5.91 Å². The zero-order chi connectivity index (χ0) is 12.6. The number of methoxy groups -OCH3 is 1. The Kier molecular flexibility index (Phi) is 7.34. The van der Waals surface area contributed by atoms with Crippen LogP contribution in [0.1, 0.15) is 40.5 Å². The van der Waals surface area contributed by atoms with Gasteiger partial charge in [-0.1, -0.05) is 6.92 Å². The molecular weight excluding hydrogens is 204 g/mol. The van der Waals surface area contributed by atoms with Crippen molar-refractivity contribution in [2.75, 3.05) is 20.2 Å². The number of carbonyl (C=O) groups is 1. The number of hydrogen-bond acceptors (Lipinski definition) is 3. The van der Waals surface area contributed by atoms with Crippen molar-refractivity contribution in [1.29, 1.82) is 0 Å². The zero-order valence-corrected chi connectivity index (χ0v) is 11.2. The van der Waals surface area contributed by atoms with Crippen LogP contribution < -0.4 is 10.6 Å². The first-order valence-electron chi connectivity index (χ1n) is 5.99. The van der Waals surface area contributed by atoms with Gasteiger partial charge in [-0.15, -0.1) is 0 Å². The van der Waals surface area contributed by atoms with E-state index in [0.29, 0.717) is 0 Å². The standard InChI is InChI=1S/C12H26N2O2/c1-6-8-14-11(15)10(2)13-9-7-12(3,4)16-5/h10,13H,6-9H2,1-5H3,(H,14,15). The highest BCUT2D eigenvalue weighted by Crippen LogP contribution is 2.11. The minimum Gasteiger partial charge on any atom is -0.379 e. The fourth-order valence-electron chi connectivity index (χ4n) is 1.19. The van der Waals surface area contributed by atoms with Gasteiger partial charge in [-0.25, -0.2) is 0 Å². The van der Waals surface area contributed by atoms with Crippen LogP contribution in [0.4, 0.5) is 0 Å². The van der Waals surface area contributed by atoms with Gasteiger partial charge in [0.15, 0.2) is 0 Å². The molecule has 0 aromatic heterocycles. The maximum absolute atomic E-state index is 11.5. The minimum atomic E-state index is -0.140. The van der Waals surface area contributed by atoms with Crippen molar-refractivity contribution in [1.82, 2.24) is 10.6 Å². The Morgan fingerprint density at radius 3 is 2.50 bits per heavy atom. The van der Waals surface area contributed by atoms with Gasteiger partial charge >= 0.3 is 0 Å². The van der Waals surface area contributed by atoms with E-state index in [-0.39, 0.29) is 17.6 Å². The minimum absolute atomic E-state index is 0.0667. The van der Waals surface area contributed by atoms with Crippen LogP contribution in [-0.4, -0.2) is 37.7 Å². The molecule has 0 saturated heterocycles. The average molecular weight is 230 g/mol. The van der Waals surface area contributed by atoms with Gasteiger partial charge in [0.05, 0.1) is 11.6 Å². The first-order chi connectivity index (χ1) is 7.43. The molecule has 16 heavy (non-hydrogen) atoms. The summed E-state index contributed by atoms with van der Waals surface area (Å²) < 4.78 is 5.30. The fraction of sp³-hybridized carbons (Fsp3) is 0.917. The Bertz CT molecular complexity index is 205. The third-order valence-corrected chi connectivity index (χ3v) is 2.67. The Morgan fingerprint density at radius 1 is 1.38 bits per heavy atom. The molecule has 0 aliphatic carbocycles. The summed E-state index contributed by atoms with van der Waals surface area (Å²) >= 11 is 0. The molecule has 4 heteroatoms. The molecule has 0 radical (unpaired) electrons. The molecule has 0 aromatic carbocycles. The number of ether oxygens (including phenoxy) is 1. The zero-order valence-electron chi connectivity index (χ0n) is 11.2. The van der Waals surface area contributed by atoms with Gasteiger partial charge in [-0.05, 0) is 40.2 Å². The van der Waals surface area contributed by atoms with E-state index in [1.807, 2.05) is 27.7 Å². The molecular formula is C12H26N2O2. The second kappa shape index (κ2) is 7.63. The van der Waals surface area contributed by atoms with E-state index in [1.54, 1.807) is 7.11 Å². The molecule has 0 aliphatic rings. The van der Waals surface area contributed by atoms with Crippen molar-refractivity contribution < 1.29 is 9.53 Å². The largest absolute Gasteiger partial charge is 0.379 e. The molecule has 1 unspecified atom stereocenters. The molecule has 0 fully saturated rings. The molecule has 0 saturated carbocycles. The predicted octanol–water partition coefficient (Wildman–Crippen LogP) is 1.31. The Morgan fingerprint density at radius 2 is 2.00 bits per heavy atom. The molecule has 0 heterocycles. The topological polar surface area (TPSA) is 50.4 Å². The lowest BCUT2D eigenvalue weighted by molar-refractivity contribution is -0.122. The van der Waals surface area contributed by atoms with Crippen LogP contribution in [0, 0.1) is 0 Å². The van der Waals surface area contributed by atoms with Gasteiger partial charge in [0, 0.05) is 13.7 Å². The average Bonchev–Trinajstić information content (AvgIpc) is 2.25. The van der Waals surface area contributed by atoms with E-state index in [1.165, 1.54) is 0 Å². The lowest BCUT2D eigenvalue weighted by Gasteiger charge is -2.24. The quantitative estimate of drug-likeness (QED) is 0.661. The van der Waals surface area contributed by atoms with Crippen LogP contribution >= 0.6 is 0 Å². The molecule has 0 spiro atoms. The SMILES string of the molecule is CCCNC(=O)C(C)NCCC(C)(C)OC. The summed E-state index contributed by atoms with van der Waals surface area (Å²) in [6.45, 7) is 9.52. The molecule has 0 rings (SSSR count). The number of carbonyl (C=O) groups excluding carboxylic acids is 1. The Labute approximate surface area is 99.1 Å². The third kappa shape index (κ3) is 6.80. The van der Waals surface area contributed by atoms with Crippen LogP contribution in [0.15, 0.2) is 0 Å². The summed E-state index contributed by atoms with van der Waals surface area (Å²) in [5, 5.41) is 6.05. The van der Waals surface area contributed by atoms with Crippen molar-refractivity contribution in [3.05, 3.63) is 0 Å². The van der Waals surface area contributed by atoms with Gasteiger partial charge in [-0.3, -0.25) is 4.79 Å². The molecule has 4 nitrogen and oxygen atoms in total. The van der Waals surface area contributed by atoms with Gasteiger partial charge in [0.25, 0.3) is 0 Å². The predicted molar refractivity (Wildman–Crippen MR) is 66.5 cm³/mol. The van der Waals surface area contributed by atoms with Gasteiger partial charge in [0.1, 0.15) is 0 Å². The smallest absolute Gasteiger partial charge is 0.236 e. The summed E-state index contributed by atoms with van der Waals surface area (Å²) in [4.78, 5) is 11.5. The first-order valence-corrected chi connectivity index (χ1v) is 5.99. The highest BCUT2D eigenvalue weighted by atomic mass is 16.5. The Balaban J connectivity index is 3.72. The van der Waals surface area contributed by atoms with Crippen molar-refractivity contribution in [3.63, 3.8) is 0 Å². The monoisotopic (exact) mass is 230 g/mol. The van der Waals surface area contributed by atoms with Gasteiger partial charge < -0.3 is 15.4 Å². The second-order valence-electron chi connectivity index (χ2n) is 4.68. The first kappa shape index (κ1) is 15.4. The fourth-order valence-corrected chi connectivity index (χ4v) is 1.19. The van der Waals surface area contributed by atoms with Crippen LogP contribution in [0.3, 0.4) is 0 Å². The van der Waals surface area contributed by atoms with Crippen molar-refractivity contribution in [3.8, 4) is 0 Å². The maximum Gasteiger partial charge on any atom is 0.236 e. The summed E-state index contributed by atoms with van der Waals surface area (Å²) in [6.07, 6.45) is 1.85. The maximum atomic E-state index is 11.5. The summed E-state index contributed by atoms with van der Waals surface area (Å²) in [6, 6.07) is -0.140. The van der Waals surface area contributed by atoms with Crippen LogP contribution in [-0.2, 0) is 9.53 Å². The van der Waals surface area contributed by atoms with E-state index in [9.17, 15) is 4.79 Å². The molecule has 0 aliphatic heterocycles. The number of amides is 1. The molecule has 96 valence electrons. The molecule has 2 N–H and O–H groups in total. The highest BCUT2D eigenvalue weighted by Gasteiger charge is 2.17. The molecule has 1 atom stereocenters. The Hall–Kier alpha value is -0.610. The highest BCUT2D eigenvalue weighted by molar-refractivity contribution is 5.81. The van der Waals surface area contributed by atoms with Crippen LogP contribution in [0.2, 0.25) is 0 Å². The third-order valence-electron chi connectivity index (χ3n) is 2.67. The molecule has 0 aromatic rings. The van der Waals surface area contributed by atoms with E-state index < -0.39 is 0 Å². The molecule has 1 amide bonds.